The summed E-state index contributed by atoms with van der Waals surface area (Å²) in [5, 5.41) is 0. The molecule has 0 unspecified atom stereocenters. The Labute approximate surface area is 55.2 Å². The number of rotatable bonds is 1. The summed E-state index contributed by atoms with van der Waals surface area (Å²) in [6.07, 6.45) is 5.73. The van der Waals surface area contributed by atoms with Crippen LogP contribution in [-0.2, 0) is 0 Å². The first-order valence-electron chi connectivity index (χ1n) is 2.85. The summed E-state index contributed by atoms with van der Waals surface area (Å²) in [7, 11) is 0. The van der Waals surface area contributed by atoms with Gasteiger partial charge in [-0.05, 0) is 24.6 Å². The zero-order valence-corrected chi connectivity index (χ0v) is 5.44. The summed E-state index contributed by atoms with van der Waals surface area (Å²) in [6, 6.07) is 0. The third kappa shape index (κ3) is 1.33. The Morgan fingerprint density at radius 1 is 1.67 bits per heavy atom. The molecule has 0 saturated carbocycles. The minimum absolute atomic E-state index is 1.03. The quantitative estimate of drug-likeness (QED) is 0.461. The van der Waals surface area contributed by atoms with E-state index in [1.165, 1.54) is 0 Å². The lowest BCUT2D eigenvalue weighted by atomic mass is 10.1. The first-order valence-corrected chi connectivity index (χ1v) is 2.85. The molecule has 1 aliphatic carbocycles. The van der Waals surface area contributed by atoms with Gasteiger partial charge in [-0.25, -0.2) is 0 Å². The van der Waals surface area contributed by atoms with Crippen LogP contribution in [0.25, 0.3) is 0 Å². The van der Waals surface area contributed by atoms with Gasteiger partial charge in [0.1, 0.15) is 0 Å². The fourth-order valence-electron chi connectivity index (χ4n) is 0.602. The minimum Gasteiger partial charge on any atom is -0.0949 e. The highest BCUT2D eigenvalue weighted by atomic mass is 13.9. The van der Waals surface area contributed by atoms with Crippen LogP contribution in [0.5, 0.6) is 0 Å². The summed E-state index contributed by atoms with van der Waals surface area (Å²) in [4.78, 5) is 0. The van der Waals surface area contributed by atoms with Crippen molar-refractivity contribution in [3.8, 4) is 0 Å². The van der Waals surface area contributed by atoms with Crippen molar-refractivity contribution in [1.29, 1.82) is 0 Å². The second-order valence-electron chi connectivity index (χ2n) is 1.99. The summed E-state index contributed by atoms with van der Waals surface area (Å²) in [5.74, 6) is 0. The summed E-state index contributed by atoms with van der Waals surface area (Å²) >= 11 is 0. The Morgan fingerprint density at radius 3 is 2.78 bits per heavy atom. The molecule has 0 atom stereocenters. The van der Waals surface area contributed by atoms with E-state index in [9.17, 15) is 0 Å². The third-order valence-corrected chi connectivity index (χ3v) is 1.11. The average molecular weight is 116 g/mol. The van der Waals surface area contributed by atoms with E-state index in [0.29, 0.717) is 0 Å². The van der Waals surface area contributed by atoms with Gasteiger partial charge < -0.3 is 0 Å². The highest BCUT2D eigenvalue weighted by Crippen LogP contribution is 2.07. The van der Waals surface area contributed by atoms with Crippen LogP contribution in [0.1, 0.15) is 6.92 Å². The van der Waals surface area contributed by atoms with Crippen molar-refractivity contribution in [3.05, 3.63) is 47.4 Å². The molecule has 0 fully saturated rings. The molecule has 0 saturated heterocycles. The SMILES string of the molecule is C=C(C)C1=C=C=CC=C1. The van der Waals surface area contributed by atoms with Gasteiger partial charge in [0, 0.05) is 5.57 Å². The van der Waals surface area contributed by atoms with Gasteiger partial charge in [0.05, 0.1) is 0 Å². The molecule has 9 heavy (non-hydrogen) atoms. The van der Waals surface area contributed by atoms with E-state index >= 15 is 0 Å². The lowest BCUT2D eigenvalue weighted by Crippen LogP contribution is -1.76. The van der Waals surface area contributed by atoms with Gasteiger partial charge in [-0.3, -0.25) is 0 Å². The molecule has 0 aromatic rings. The largest absolute Gasteiger partial charge is 0.0949 e. The van der Waals surface area contributed by atoms with Crippen LogP contribution >= 0.6 is 0 Å². The fraction of sp³-hybridized carbons (Fsp3) is 0.111. The Bertz CT molecular complexity index is 252. The van der Waals surface area contributed by atoms with E-state index in [4.69, 9.17) is 0 Å². The normalized spacial score (nSPS) is 13.7. The molecule has 0 aliphatic heterocycles. The first kappa shape index (κ1) is 5.91. The van der Waals surface area contributed by atoms with E-state index in [-0.39, 0.29) is 0 Å². The topological polar surface area (TPSA) is 0 Å². The van der Waals surface area contributed by atoms with Gasteiger partial charge in [0.15, 0.2) is 0 Å². The zero-order valence-electron chi connectivity index (χ0n) is 5.44. The second kappa shape index (κ2) is 2.37. The molecule has 0 nitrogen and oxygen atoms in total. The van der Waals surface area contributed by atoms with Crippen molar-refractivity contribution >= 4 is 0 Å². The smallest absolute Gasteiger partial charge is 0.0272 e. The standard InChI is InChI=1S/C9H8/c1-8(2)9-6-4-3-5-7-9/h3-4,6H,1H2,2H3. The predicted octanol–water partition coefficient (Wildman–Crippen LogP) is 2.37. The lowest BCUT2D eigenvalue weighted by Gasteiger charge is -1.93. The minimum atomic E-state index is 1.03. The maximum atomic E-state index is 3.77. The van der Waals surface area contributed by atoms with Gasteiger partial charge >= 0.3 is 0 Å². The maximum absolute atomic E-state index is 3.77. The summed E-state index contributed by atoms with van der Waals surface area (Å²) in [6.45, 7) is 5.73. The van der Waals surface area contributed by atoms with Gasteiger partial charge in [-0.15, -0.1) is 0 Å². The van der Waals surface area contributed by atoms with Gasteiger partial charge in [0.25, 0.3) is 0 Å². The first-order chi connectivity index (χ1) is 4.30. The second-order valence-corrected chi connectivity index (χ2v) is 1.99. The van der Waals surface area contributed by atoms with E-state index in [1.807, 2.05) is 25.2 Å². The van der Waals surface area contributed by atoms with E-state index in [1.54, 1.807) is 0 Å². The lowest BCUT2D eigenvalue weighted by molar-refractivity contribution is 1.46. The summed E-state index contributed by atoms with van der Waals surface area (Å²) in [5.41, 5.74) is 7.87. The molecule has 0 amide bonds. The number of hydrogen-bond donors (Lipinski definition) is 0. The van der Waals surface area contributed by atoms with E-state index in [0.717, 1.165) is 11.1 Å². The Hall–Kier alpha value is -1.22. The van der Waals surface area contributed by atoms with Crippen LogP contribution < -0.4 is 0 Å². The molecule has 1 aliphatic rings. The monoisotopic (exact) mass is 116 g/mol. The molecule has 0 aromatic heterocycles. The molecule has 0 spiro atoms. The third-order valence-electron chi connectivity index (χ3n) is 1.11. The van der Waals surface area contributed by atoms with Crippen molar-refractivity contribution < 1.29 is 0 Å². The molecule has 0 bridgehead atoms. The maximum Gasteiger partial charge on any atom is 0.0272 e. The highest BCUT2D eigenvalue weighted by molar-refractivity contribution is 5.39. The number of hydrogen-bond acceptors (Lipinski definition) is 0. The zero-order chi connectivity index (χ0) is 6.69. The van der Waals surface area contributed by atoms with Gasteiger partial charge in [0.2, 0.25) is 0 Å². The molecule has 0 heteroatoms. The molecule has 44 valence electrons. The molecule has 0 aromatic carbocycles. The Kier molecular flexibility index (Phi) is 1.55. The van der Waals surface area contributed by atoms with Crippen LogP contribution in [0.15, 0.2) is 47.4 Å². The van der Waals surface area contributed by atoms with Crippen molar-refractivity contribution in [2.75, 3.05) is 0 Å². The summed E-state index contributed by atoms with van der Waals surface area (Å²) < 4.78 is 0. The van der Waals surface area contributed by atoms with Crippen LogP contribution in [0, 0.1) is 0 Å². The van der Waals surface area contributed by atoms with E-state index in [2.05, 4.69) is 18.0 Å². The Balaban J connectivity index is 3.08. The van der Waals surface area contributed by atoms with Crippen LogP contribution in [-0.4, -0.2) is 0 Å². The van der Waals surface area contributed by atoms with Crippen LogP contribution in [0.2, 0.25) is 0 Å². The molecular formula is C9H8. The van der Waals surface area contributed by atoms with Crippen LogP contribution in [0.4, 0.5) is 0 Å². The van der Waals surface area contributed by atoms with Crippen molar-refractivity contribution in [2.45, 2.75) is 6.92 Å². The molecule has 0 radical (unpaired) electrons. The predicted molar refractivity (Wildman–Crippen MR) is 39.1 cm³/mol. The van der Waals surface area contributed by atoms with Crippen LogP contribution in [0.3, 0.4) is 0 Å². The molecule has 1 rings (SSSR count). The highest BCUT2D eigenvalue weighted by Gasteiger charge is 1.89. The van der Waals surface area contributed by atoms with E-state index < -0.39 is 0 Å². The van der Waals surface area contributed by atoms with Crippen molar-refractivity contribution in [3.63, 3.8) is 0 Å². The fourth-order valence-corrected chi connectivity index (χ4v) is 0.602. The van der Waals surface area contributed by atoms with Crippen molar-refractivity contribution in [2.24, 2.45) is 0 Å². The van der Waals surface area contributed by atoms with Gasteiger partial charge in [-0.2, -0.15) is 0 Å². The van der Waals surface area contributed by atoms with Crippen molar-refractivity contribution in [1.82, 2.24) is 0 Å². The average Bonchev–Trinajstić information content (AvgIpc) is 1.90. The number of allylic oxidation sites excluding steroid dienone is 5. The Morgan fingerprint density at radius 2 is 2.44 bits per heavy atom. The van der Waals surface area contributed by atoms with Gasteiger partial charge in [-0.1, -0.05) is 24.1 Å². The molecular weight excluding hydrogens is 108 g/mol. The molecule has 0 heterocycles. The molecule has 0 N–H and O–H groups in total.